The van der Waals surface area contributed by atoms with Gasteiger partial charge in [-0.3, -0.25) is 14.9 Å². The van der Waals surface area contributed by atoms with Gasteiger partial charge in [-0.05, 0) is 46.2 Å². The number of hydrogen-bond donors (Lipinski definition) is 1. The molecule has 1 N–H and O–H groups in total. The number of rotatable bonds is 7. The van der Waals surface area contributed by atoms with Crippen molar-refractivity contribution in [2.75, 3.05) is 6.61 Å². The summed E-state index contributed by atoms with van der Waals surface area (Å²) in [6.45, 7) is -0.370. The number of hydrogen-bond acceptors (Lipinski definition) is 5. The van der Waals surface area contributed by atoms with Crippen molar-refractivity contribution in [3.05, 3.63) is 91.4 Å². The number of carbonyl (C=O) groups excluding carboxylic acids is 1. The van der Waals surface area contributed by atoms with Crippen LogP contribution < -0.4 is 10.1 Å². The molecular weight excluding hydrogens is 407 g/mol. The highest BCUT2D eigenvalue weighted by Gasteiger charge is 2.19. The summed E-state index contributed by atoms with van der Waals surface area (Å²) >= 11 is 7.43. The van der Waals surface area contributed by atoms with E-state index in [0.29, 0.717) is 5.02 Å². The molecule has 3 rings (SSSR count). The normalized spacial score (nSPS) is 11.6. The Morgan fingerprint density at radius 1 is 1.21 bits per heavy atom. The van der Waals surface area contributed by atoms with Crippen LogP contribution in [0.5, 0.6) is 5.75 Å². The Hall–Kier alpha value is -2.97. The Morgan fingerprint density at radius 3 is 2.57 bits per heavy atom. The number of nitrogens with zero attached hydrogens (tertiary/aromatic N) is 1. The molecule has 28 heavy (non-hydrogen) atoms. The third-order valence-electron chi connectivity index (χ3n) is 3.87. The molecule has 0 saturated carbocycles. The minimum Gasteiger partial charge on any atom is -0.484 e. The van der Waals surface area contributed by atoms with Crippen molar-refractivity contribution < 1.29 is 18.8 Å². The van der Waals surface area contributed by atoms with Crippen molar-refractivity contribution in [1.82, 2.24) is 5.32 Å². The average molecular weight is 421 g/mol. The maximum atomic E-state index is 13.6. The van der Waals surface area contributed by atoms with E-state index in [1.165, 1.54) is 17.4 Å². The summed E-state index contributed by atoms with van der Waals surface area (Å²) < 4.78 is 18.9. The highest BCUT2D eigenvalue weighted by Crippen LogP contribution is 2.26. The fourth-order valence-corrected chi connectivity index (χ4v) is 3.34. The Bertz CT molecular complexity index is 980. The Balaban J connectivity index is 1.68. The summed E-state index contributed by atoms with van der Waals surface area (Å²) in [5.41, 5.74) is 1.09. The number of nitro benzene ring substituents is 1. The van der Waals surface area contributed by atoms with Gasteiger partial charge in [-0.25, -0.2) is 0 Å². The van der Waals surface area contributed by atoms with E-state index in [1.807, 2.05) is 29.0 Å². The summed E-state index contributed by atoms with van der Waals surface area (Å²) in [6, 6.07) is 11.7. The molecule has 0 fully saturated rings. The van der Waals surface area contributed by atoms with Crippen LogP contribution in [-0.2, 0) is 4.79 Å². The molecule has 0 aliphatic carbocycles. The number of ether oxygens (including phenoxy) is 1. The van der Waals surface area contributed by atoms with Crippen molar-refractivity contribution in [1.29, 1.82) is 0 Å². The van der Waals surface area contributed by atoms with Gasteiger partial charge >= 0.3 is 5.69 Å². The van der Waals surface area contributed by atoms with Gasteiger partial charge in [0.05, 0.1) is 11.0 Å². The lowest BCUT2D eigenvalue weighted by molar-refractivity contribution is -0.387. The first kappa shape index (κ1) is 19.8. The fourth-order valence-electron chi connectivity index (χ4n) is 2.53. The van der Waals surface area contributed by atoms with Gasteiger partial charge in [-0.15, -0.1) is 0 Å². The number of carbonyl (C=O) groups is 1. The van der Waals surface area contributed by atoms with Crippen LogP contribution in [0.25, 0.3) is 0 Å². The lowest BCUT2D eigenvalue weighted by Gasteiger charge is -2.19. The van der Waals surface area contributed by atoms with E-state index >= 15 is 0 Å². The van der Waals surface area contributed by atoms with E-state index in [-0.39, 0.29) is 12.4 Å². The third-order valence-corrected chi connectivity index (χ3v) is 4.82. The van der Waals surface area contributed by atoms with Crippen LogP contribution in [0.3, 0.4) is 0 Å². The predicted octanol–water partition coefficient (Wildman–Crippen LogP) is 4.73. The zero-order chi connectivity index (χ0) is 20.1. The molecule has 0 aliphatic rings. The summed E-state index contributed by atoms with van der Waals surface area (Å²) in [7, 11) is 0. The smallest absolute Gasteiger partial charge is 0.305 e. The minimum atomic E-state index is -1.03. The zero-order valence-corrected chi connectivity index (χ0v) is 15.9. The molecule has 0 saturated heterocycles. The molecule has 2 aromatic carbocycles. The number of amides is 1. The van der Waals surface area contributed by atoms with E-state index in [1.54, 1.807) is 12.1 Å². The number of halogens is 2. The van der Waals surface area contributed by atoms with Crippen molar-refractivity contribution in [2.45, 2.75) is 6.04 Å². The van der Waals surface area contributed by atoms with Gasteiger partial charge < -0.3 is 10.1 Å². The van der Waals surface area contributed by atoms with Gasteiger partial charge in [0.2, 0.25) is 5.82 Å². The number of nitrogens with one attached hydrogen (secondary N) is 1. The van der Waals surface area contributed by atoms with Crippen molar-refractivity contribution >= 4 is 34.5 Å². The topological polar surface area (TPSA) is 81.5 Å². The number of benzene rings is 2. The maximum absolute atomic E-state index is 13.6. The van der Waals surface area contributed by atoms with E-state index in [4.69, 9.17) is 16.3 Å². The molecule has 1 atom stereocenters. The van der Waals surface area contributed by atoms with Crippen LogP contribution in [0.1, 0.15) is 17.2 Å². The number of nitro groups is 1. The van der Waals surface area contributed by atoms with Gasteiger partial charge in [0.1, 0.15) is 5.75 Å². The van der Waals surface area contributed by atoms with E-state index < -0.39 is 28.4 Å². The maximum Gasteiger partial charge on any atom is 0.305 e. The molecule has 1 amide bonds. The Kier molecular flexibility index (Phi) is 6.23. The summed E-state index contributed by atoms with van der Waals surface area (Å²) in [5.74, 6) is -1.43. The van der Waals surface area contributed by atoms with Crippen molar-refractivity contribution in [3.8, 4) is 5.75 Å². The molecule has 9 heteroatoms. The first-order valence-corrected chi connectivity index (χ1v) is 9.40. The second kappa shape index (κ2) is 8.81. The van der Waals surface area contributed by atoms with Crippen LogP contribution in [-0.4, -0.2) is 17.4 Å². The number of thiophene rings is 1. The van der Waals surface area contributed by atoms with Crippen molar-refractivity contribution in [2.24, 2.45) is 0 Å². The zero-order valence-electron chi connectivity index (χ0n) is 14.3. The van der Waals surface area contributed by atoms with Crippen LogP contribution >= 0.6 is 22.9 Å². The highest BCUT2D eigenvalue weighted by atomic mass is 35.5. The van der Waals surface area contributed by atoms with Gasteiger partial charge in [0.15, 0.2) is 6.61 Å². The lowest BCUT2D eigenvalue weighted by Crippen LogP contribution is -2.33. The molecule has 1 aromatic heterocycles. The molecule has 0 spiro atoms. The van der Waals surface area contributed by atoms with Crippen molar-refractivity contribution in [3.63, 3.8) is 0 Å². The van der Waals surface area contributed by atoms with Gasteiger partial charge in [-0.1, -0.05) is 23.7 Å². The highest BCUT2D eigenvalue weighted by molar-refractivity contribution is 7.08. The van der Waals surface area contributed by atoms with Crippen LogP contribution in [0, 0.1) is 15.9 Å². The predicted molar refractivity (Wildman–Crippen MR) is 104 cm³/mol. The minimum absolute atomic E-state index is 0.0248. The molecule has 144 valence electrons. The average Bonchev–Trinajstić information content (AvgIpc) is 3.19. The quantitative estimate of drug-likeness (QED) is 0.442. The fraction of sp³-hybridized carbons (Fsp3) is 0.105. The van der Waals surface area contributed by atoms with Crippen LogP contribution in [0.4, 0.5) is 10.1 Å². The van der Waals surface area contributed by atoms with Gasteiger partial charge in [-0.2, -0.15) is 15.7 Å². The van der Waals surface area contributed by atoms with Gasteiger partial charge in [0.25, 0.3) is 5.91 Å². The monoisotopic (exact) mass is 420 g/mol. The second-order valence-corrected chi connectivity index (χ2v) is 6.98. The largest absolute Gasteiger partial charge is 0.484 e. The summed E-state index contributed by atoms with van der Waals surface area (Å²) in [6.07, 6.45) is 0. The van der Waals surface area contributed by atoms with E-state index in [0.717, 1.165) is 23.3 Å². The Morgan fingerprint density at radius 2 is 1.96 bits per heavy atom. The van der Waals surface area contributed by atoms with Gasteiger partial charge in [0, 0.05) is 17.2 Å². The second-order valence-electron chi connectivity index (χ2n) is 5.77. The van der Waals surface area contributed by atoms with E-state index in [2.05, 4.69) is 5.32 Å². The molecule has 0 aliphatic heterocycles. The first-order valence-electron chi connectivity index (χ1n) is 8.07. The first-order chi connectivity index (χ1) is 13.4. The molecular formula is C19H14ClFN2O4S. The summed E-state index contributed by atoms with van der Waals surface area (Å²) in [4.78, 5) is 22.2. The standard InChI is InChI=1S/C19H14ClFN2O4S/c20-14-3-1-12(2-4-14)19(13-7-8-28-11-13)22-18(24)10-27-15-5-6-17(23(25)26)16(21)9-15/h1-9,11,19H,10H2,(H,22,24). The SMILES string of the molecule is O=C(COc1ccc([N+](=O)[O-])c(F)c1)NC(c1ccc(Cl)cc1)c1ccsc1. The molecule has 6 nitrogen and oxygen atoms in total. The molecule has 1 unspecified atom stereocenters. The summed E-state index contributed by atoms with van der Waals surface area (Å²) in [5, 5.41) is 17.9. The molecule has 3 aromatic rings. The van der Waals surface area contributed by atoms with E-state index in [9.17, 15) is 19.3 Å². The Labute approximate surface area is 168 Å². The van der Waals surface area contributed by atoms with Crippen LogP contribution in [0.2, 0.25) is 5.02 Å². The molecule has 0 bridgehead atoms. The third kappa shape index (κ3) is 4.85. The lowest BCUT2D eigenvalue weighted by atomic mass is 10.0. The molecule has 0 radical (unpaired) electrons. The van der Waals surface area contributed by atoms with Crippen LogP contribution in [0.15, 0.2) is 59.3 Å². The molecule has 1 heterocycles.